The van der Waals surface area contributed by atoms with Gasteiger partial charge in [-0.3, -0.25) is 9.10 Å². The molecule has 1 aliphatic rings. The van der Waals surface area contributed by atoms with Gasteiger partial charge in [-0.05, 0) is 62.6 Å². The Kier molecular flexibility index (Phi) is 6.56. The first kappa shape index (κ1) is 23.1. The van der Waals surface area contributed by atoms with Gasteiger partial charge in [0.05, 0.1) is 16.6 Å². The Labute approximate surface area is 196 Å². The molecular formula is C27H30N2O3S. The molecule has 1 amide bonds. The molecule has 2 unspecified atom stereocenters. The summed E-state index contributed by atoms with van der Waals surface area (Å²) in [6.07, 6.45) is 1.74. The monoisotopic (exact) mass is 462 g/mol. The number of sulfonamides is 1. The molecule has 0 N–H and O–H groups in total. The SMILES string of the molecule is CCCC(=O)N1c2ccccc2C(N(c2ccccc2)S(=O)(=O)c2ccc(C)cc2)CC1C. The molecule has 0 aliphatic carbocycles. The van der Waals surface area contributed by atoms with Crippen LogP contribution in [0.1, 0.15) is 50.3 Å². The van der Waals surface area contributed by atoms with Crippen molar-refractivity contribution in [2.45, 2.75) is 57.0 Å². The van der Waals surface area contributed by atoms with Gasteiger partial charge in [-0.15, -0.1) is 0 Å². The lowest BCUT2D eigenvalue weighted by atomic mass is 9.91. The molecule has 1 aliphatic heterocycles. The van der Waals surface area contributed by atoms with E-state index in [2.05, 4.69) is 0 Å². The van der Waals surface area contributed by atoms with Gasteiger partial charge in [0.1, 0.15) is 0 Å². The number of anilines is 2. The van der Waals surface area contributed by atoms with E-state index in [1.54, 1.807) is 12.1 Å². The Hall–Kier alpha value is -3.12. The Bertz CT molecular complexity index is 1220. The number of rotatable bonds is 6. The van der Waals surface area contributed by atoms with Crippen LogP contribution >= 0.6 is 0 Å². The summed E-state index contributed by atoms with van der Waals surface area (Å²) in [7, 11) is -3.85. The number of benzene rings is 3. The summed E-state index contributed by atoms with van der Waals surface area (Å²) < 4.78 is 29.6. The van der Waals surface area contributed by atoms with E-state index in [1.165, 1.54) is 4.31 Å². The van der Waals surface area contributed by atoms with Crippen LogP contribution in [0.4, 0.5) is 11.4 Å². The summed E-state index contributed by atoms with van der Waals surface area (Å²) in [6, 6.07) is 23.3. The molecule has 4 rings (SSSR count). The van der Waals surface area contributed by atoms with Crippen molar-refractivity contribution in [3.63, 3.8) is 0 Å². The maximum absolute atomic E-state index is 14.0. The van der Waals surface area contributed by atoms with E-state index in [4.69, 9.17) is 0 Å². The van der Waals surface area contributed by atoms with Crippen LogP contribution in [0.25, 0.3) is 0 Å². The highest BCUT2D eigenvalue weighted by molar-refractivity contribution is 7.92. The number of para-hydroxylation sites is 2. The number of aryl methyl sites for hydroxylation is 1. The first-order valence-corrected chi connectivity index (χ1v) is 12.9. The van der Waals surface area contributed by atoms with Gasteiger partial charge in [0.2, 0.25) is 5.91 Å². The maximum atomic E-state index is 14.0. The molecule has 0 saturated heterocycles. The lowest BCUT2D eigenvalue weighted by Gasteiger charge is -2.43. The lowest BCUT2D eigenvalue weighted by molar-refractivity contribution is -0.119. The van der Waals surface area contributed by atoms with Crippen LogP contribution in [0.15, 0.2) is 83.8 Å². The van der Waals surface area contributed by atoms with Gasteiger partial charge in [0, 0.05) is 18.2 Å². The predicted octanol–water partition coefficient (Wildman–Crippen LogP) is 5.86. The number of nitrogens with zero attached hydrogens (tertiary/aromatic N) is 2. The molecule has 6 heteroatoms. The van der Waals surface area contributed by atoms with Gasteiger partial charge in [0.15, 0.2) is 0 Å². The Morgan fingerprint density at radius 1 is 0.970 bits per heavy atom. The largest absolute Gasteiger partial charge is 0.309 e. The predicted molar refractivity (Wildman–Crippen MR) is 133 cm³/mol. The first-order chi connectivity index (χ1) is 15.8. The Morgan fingerprint density at radius 3 is 2.27 bits per heavy atom. The minimum atomic E-state index is -3.85. The molecular weight excluding hydrogens is 432 g/mol. The van der Waals surface area contributed by atoms with Gasteiger partial charge in [0.25, 0.3) is 10.0 Å². The van der Waals surface area contributed by atoms with Gasteiger partial charge < -0.3 is 4.90 Å². The quantitative estimate of drug-likeness (QED) is 0.461. The molecule has 172 valence electrons. The van der Waals surface area contributed by atoms with Crippen molar-refractivity contribution in [3.8, 4) is 0 Å². The van der Waals surface area contributed by atoms with Crippen molar-refractivity contribution in [1.82, 2.24) is 0 Å². The average Bonchev–Trinajstić information content (AvgIpc) is 2.80. The zero-order valence-corrected chi connectivity index (χ0v) is 20.1. The van der Waals surface area contributed by atoms with Crippen molar-refractivity contribution in [2.24, 2.45) is 0 Å². The highest BCUT2D eigenvalue weighted by atomic mass is 32.2. The number of carbonyl (C=O) groups is 1. The molecule has 0 saturated carbocycles. The molecule has 33 heavy (non-hydrogen) atoms. The first-order valence-electron chi connectivity index (χ1n) is 11.4. The molecule has 1 heterocycles. The lowest BCUT2D eigenvalue weighted by Crippen LogP contribution is -2.47. The minimum Gasteiger partial charge on any atom is -0.309 e. The van der Waals surface area contributed by atoms with Crippen LogP contribution in [0.3, 0.4) is 0 Å². The van der Waals surface area contributed by atoms with Gasteiger partial charge in [-0.1, -0.05) is 61.0 Å². The van der Waals surface area contributed by atoms with E-state index < -0.39 is 16.1 Å². The maximum Gasteiger partial charge on any atom is 0.264 e. The van der Waals surface area contributed by atoms with Crippen molar-refractivity contribution < 1.29 is 13.2 Å². The van der Waals surface area contributed by atoms with E-state index in [0.29, 0.717) is 18.5 Å². The van der Waals surface area contributed by atoms with Crippen LogP contribution in [-0.4, -0.2) is 20.4 Å². The zero-order chi connectivity index (χ0) is 23.6. The van der Waals surface area contributed by atoms with Crippen molar-refractivity contribution in [2.75, 3.05) is 9.21 Å². The van der Waals surface area contributed by atoms with Crippen LogP contribution < -0.4 is 9.21 Å². The third-order valence-corrected chi connectivity index (χ3v) is 8.02. The highest BCUT2D eigenvalue weighted by Gasteiger charge is 2.40. The summed E-state index contributed by atoms with van der Waals surface area (Å²) >= 11 is 0. The summed E-state index contributed by atoms with van der Waals surface area (Å²) in [6.45, 7) is 5.93. The van der Waals surface area contributed by atoms with E-state index in [0.717, 1.165) is 23.2 Å². The zero-order valence-electron chi connectivity index (χ0n) is 19.3. The average molecular weight is 463 g/mol. The van der Waals surface area contributed by atoms with Crippen LogP contribution in [-0.2, 0) is 14.8 Å². The number of fused-ring (bicyclic) bond motifs is 1. The number of amides is 1. The molecule has 0 radical (unpaired) electrons. The van der Waals surface area contributed by atoms with E-state index in [1.807, 2.05) is 92.4 Å². The van der Waals surface area contributed by atoms with Gasteiger partial charge >= 0.3 is 0 Å². The third kappa shape index (κ3) is 4.40. The second-order valence-corrected chi connectivity index (χ2v) is 10.4. The molecule has 2 atom stereocenters. The van der Waals surface area contributed by atoms with Crippen molar-refractivity contribution in [3.05, 3.63) is 90.0 Å². The fourth-order valence-electron chi connectivity index (χ4n) is 4.60. The molecule has 0 spiro atoms. The number of carbonyl (C=O) groups excluding carboxylic acids is 1. The van der Waals surface area contributed by atoms with E-state index in [9.17, 15) is 13.2 Å². The fraction of sp³-hybridized carbons (Fsp3) is 0.296. The standard InChI is InChI=1S/C27H30N2O3S/c1-4-10-27(30)28-21(3)19-26(24-13-8-9-14-25(24)28)29(22-11-6-5-7-12-22)33(31,32)23-17-15-20(2)16-18-23/h5-9,11-18,21,26H,4,10,19H2,1-3H3. The van der Waals surface area contributed by atoms with Crippen molar-refractivity contribution in [1.29, 1.82) is 0 Å². The molecule has 0 fully saturated rings. The van der Waals surface area contributed by atoms with E-state index in [-0.39, 0.29) is 16.8 Å². The minimum absolute atomic E-state index is 0.0727. The smallest absolute Gasteiger partial charge is 0.264 e. The number of hydrogen-bond acceptors (Lipinski definition) is 3. The number of hydrogen-bond donors (Lipinski definition) is 0. The van der Waals surface area contributed by atoms with Gasteiger partial charge in [-0.2, -0.15) is 0 Å². The highest BCUT2D eigenvalue weighted by Crippen LogP contribution is 2.44. The second-order valence-electron chi connectivity index (χ2n) is 8.62. The van der Waals surface area contributed by atoms with Crippen LogP contribution in [0.2, 0.25) is 0 Å². The van der Waals surface area contributed by atoms with Gasteiger partial charge in [-0.25, -0.2) is 8.42 Å². The third-order valence-electron chi connectivity index (χ3n) is 6.16. The fourth-order valence-corrected chi connectivity index (χ4v) is 6.24. The Morgan fingerprint density at radius 2 is 1.61 bits per heavy atom. The molecule has 3 aromatic carbocycles. The summed E-state index contributed by atoms with van der Waals surface area (Å²) in [5.74, 6) is 0.0727. The van der Waals surface area contributed by atoms with Crippen LogP contribution in [0, 0.1) is 6.92 Å². The Balaban J connectivity index is 1.88. The normalized spacial score (nSPS) is 18.0. The van der Waals surface area contributed by atoms with Crippen LogP contribution in [0.5, 0.6) is 0 Å². The molecule has 3 aromatic rings. The topological polar surface area (TPSA) is 57.7 Å². The van der Waals surface area contributed by atoms with Crippen molar-refractivity contribution >= 4 is 27.3 Å². The molecule has 0 aromatic heterocycles. The second kappa shape index (κ2) is 9.40. The summed E-state index contributed by atoms with van der Waals surface area (Å²) in [5.41, 5.74) is 3.25. The molecule has 0 bridgehead atoms. The molecule has 5 nitrogen and oxygen atoms in total. The summed E-state index contributed by atoms with van der Waals surface area (Å²) in [5, 5.41) is 0. The summed E-state index contributed by atoms with van der Waals surface area (Å²) in [4.78, 5) is 15.1. The van der Waals surface area contributed by atoms with E-state index >= 15 is 0 Å².